The van der Waals surface area contributed by atoms with Crippen LogP contribution in [-0.4, -0.2) is 9.78 Å². The summed E-state index contributed by atoms with van der Waals surface area (Å²) >= 11 is 0. The molecule has 1 aromatic heterocycles. The summed E-state index contributed by atoms with van der Waals surface area (Å²) < 4.78 is 1.79. The zero-order chi connectivity index (χ0) is 13.8. The highest BCUT2D eigenvalue weighted by Gasteiger charge is 2.15. The summed E-state index contributed by atoms with van der Waals surface area (Å²) in [5.74, 6) is 0.761. The summed E-state index contributed by atoms with van der Waals surface area (Å²) in [7, 11) is 1.91. The summed E-state index contributed by atoms with van der Waals surface area (Å²) in [5.41, 5.74) is 10.9. The molecule has 1 heterocycles. The molecule has 0 amide bonds. The number of unbranched alkanes of at least 4 members (excludes halogenated alkanes) is 2. The molecule has 2 rings (SSSR count). The first kappa shape index (κ1) is 13.7. The van der Waals surface area contributed by atoms with E-state index in [-0.39, 0.29) is 0 Å². The molecule has 0 atom stereocenters. The van der Waals surface area contributed by atoms with Crippen LogP contribution in [0.4, 0.5) is 5.82 Å². The maximum absolute atomic E-state index is 6.19. The lowest BCUT2D eigenvalue weighted by atomic mass is 10.0. The molecule has 102 valence electrons. The number of hydrogen-bond acceptors (Lipinski definition) is 2. The quantitative estimate of drug-likeness (QED) is 0.830. The highest BCUT2D eigenvalue weighted by atomic mass is 15.3. The Kier molecular flexibility index (Phi) is 4.25. The summed E-state index contributed by atoms with van der Waals surface area (Å²) in [6, 6.07) is 8.47. The number of nitrogens with two attached hydrogens (primary N) is 1. The Labute approximate surface area is 115 Å². The Morgan fingerprint density at radius 1 is 1.26 bits per heavy atom. The van der Waals surface area contributed by atoms with Crippen molar-refractivity contribution in [2.24, 2.45) is 7.05 Å². The summed E-state index contributed by atoms with van der Waals surface area (Å²) in [6.45, 7) is 4.32. The second-order valence-corrected chi connectivity index (χ2v) is 5.16. The molecule has 0 spiro atoms. The molecule has 0 radical (unpaired) electrons. The van der Waals surface area contributed by atoms with Crippen LogP contribution in [-0.2, 0) is 13.5 Å². The maximum atomic E-state index is 6.19. The van der Waals surface area contributed by atoms with Gasteiger partial charge < -0.3 is 5.73 Å². The zero-order valence-corrected chi connectivity index (χ0v) is 12.1. The van der Waals surface area contributed by atoms with Crippen molar-refractivity contribution in [1.29, 1.82) is 0 Å². The van der Waals surface area contributed by atoms with E-state index in [2.05, 4.69) is 43.2 Å². The van der Waals surface area contributed by atoms with Crippen LogP contribution in [0.1, 0.15) is 37.4 Å². The summed E-state index contributed by atoms with van der Waals surface area (Å²) in [5, 5.41) is 4.58. The van der Waals surface area contributed by atoms with Crippen molar-refractivity contribution in [1.82, 2.24) is 9.78 Å². The Morgan fingerprint density at radius 3 is 2.74 bits per heavy atom. The van der Waals surface area contributed by atoms with Crippen LogP contribution in [0.25, 0.3) is 11.1 Å². The lowest BCUT2D eigenvalue weighted by Crippen LogP contribution is -1.98. The van der Waals surface area contributed by atoms with Crippen molar-refractivity contribution in [2.75, 3.05) is 5.73 Å². The van der Waals surface area contributed by atoms with Gasteiger partial charge in [-0.15, -0.1) is 0 Å². The third-order valence-corrected chi connectivity index (χ3v) is 3.49. The van der Waals surface area contributed by atoms with Gasteiger partial charge in [-0.25, -0.2) is 0 Å². The van der Waals surface area contributed by atoms with Gasteiger partial charge >= 0.3 is 0 Å². The first-order chi connectivity index (χ1) is 9.13. The van der Waals surface area contributed by atoms with Gasteiger partial charge in [-0.3, -0.25) is 4.68 Å². The molecule has 1 aromatic carbocycles. The minimum atomic E-state index is 0.761. The second kappa shape index (κ2) is 5.91. The van der Waals surface area contributed by atoms with Crippen molar-refractivity contribution in [3.63, 3.8) is 0 Å². The van der Waals surface area contributed by atoms with Gasteiger partial charge in [0.05, 0.1) is 5.69 Å². The molecule has 0 fully saturated rings. The first-order valence-corrected chi connectivity index (χ1v) is 7.02. The Bertz CT molecular complexity index is 555. The second-order valence-electron chi connectivity index (χ2n) is 5.16. The van der Waals surface area contributed by atoms with Gasteiger partial charge in [-0.05, 0) is 25.3 Å². The topological polar surface area (TPSA) is 43.8 Å². The van der Waals surface area contributed by atoms with Crippen LogP contribution in [0.2, 0.25) is 0 Å². The molecule has 0 aliphatic heterocycles. The fourth-order valence-electron chi connectivity index (χ4n) is 2.43. The predicted octanol–water partition coefficient (Wildman–Crippen LogP) is 3.71. The SMILES string of the molecule is CCCCCc1nn(C)c(N)c1-c1cccc(C)c1. The van der Waals surface area contributed by atoms with Crippen LogP contribution in [0, 0.1) is 6.92 Å². The van der Waals surface area contributed by atoms with E-state index in [1.807, 2.05) is 7.05 Å². The van der Waals surface area contributed by atoms with Crippen molar-refractivity contribution in [3.05, 3.63) is 35.5 Å². The fraction of sp³-hybridized carbons (Fsp3) is 0.438. The molecule has 0 aliphatic rings. The molecule has 0 bridgehead atoms. The predicted molar refractivity (Wildman–Crippen MR) is 81.0 cm³/mol. The van der Waals surface area contributed by atoms with Gasteiger partial charge in [-0.2, -0.15) is 5.10 Å². The number of benzene rings is 1. The van der Waals surface area contributed by atoms with Gasteiger partial charge in [0.25, 0.3) is 0 Å². The highest BCUT2D eigenvalue weighted by molar-refractivity contribution is 5.77. The average molecular weight is 257 g/mol. The first-order valence-electron chi connectivity index (χ1n) is 7.02. The zero-order valence-electron chi connectivity index (χ0n) is 12.1. The van der Waals surface area contributed by atoms with Crippen molar-refractivity contribution in [2.45, 2.75) is 39.5 Å². The van der Waals surface area contributed by atoms with E-state index in [9.17, 15) is 0 Å². The number of aryl methyl sites for hydroxylation is 3. The minimum Gasteiger partial charge on any atom is -0.383 e. The number of aromatic nitrogens is 2. The fourth-order valence-corrected chi connectivity index (χ4v) is 2.43. The molecule has 2 aromatic rings. The normalized spacial score (nSPS) is 10.9. The van der Waals surface area contributed by atoms with Crippen LogP contribution in [0.5, 0.6) is 0 Å². The van der Waals surface area contributed by atoms with Gasteiger partial charge in [0.1, 0.15) is 5.82 Å². The van der Waals surface area contributed by atoms with Gasteiger partial charge in [0.2, 0.25) is 0 Å². The molecule has 3 heteroatoms. The number of nitrogen functional groups attached to an aromatic ring is 1. The minimum absolute atomic E-state index is 0.761. The number of nitrogens with zero attached hydrogens (tertiary/aromatic N) is 2. The lowest BCUT2D eigenvalue weighted by Gasteiger charge is -2.05. The summed E-state index contributed by atoms with van der Waals surface area (Å²) in [6.07, 6.45) is 4.64. The molecule has 0 saturated heterocycles. The average Bonchev–Trinajstić information content (AvgIpc) is 2.65. The summed E-state index contributed by atoms with van der Waals surface area (Å²) in [4.78, 5) is 0. The molecule has 3 nitrogen and oxygen atoms in total. The number of rotatable bonds is 5. The Balaban J connectivity index is 2.37. The smallest absolute Gasteiger partial charge is 0.129 e. The number of hydrogen-bond donors (Lipinski definition) is 1. The van der Waals surface area contributed by atoms with Crippen molar-refractivity contribution < 1.29 is 0 Å². The van der Waals surface area contributed by atoms with E-state index in [4.69, 9.17) is 5.73 Å². The van der Waals surface area contributed by atoms with E-state index in [0.717, 1.165) is 23.5 Å². The largest absolute Gasteiger partial charge is 0.383 e. The van der Waals surface area contributed by atoms with E-state index >= 15 is 0 Å². The molecule has 0 aliphatic carbocycles. The van der Waals surface area contributed by atoms with Crippen molar-refractivity contribution in [3.8, 4) is 11.1 Å². The van der Waals surface area contributed by atoms with E-state index in [1.165, 1.54) is 30.4 Å². The van der Waals surface area contributed by atoms with E-state index in [1.54, 1.807) is 4.68 Å². The Hall–Kier alpha value is -1.77. The third-order valence-electron chi connectivity index (χ3n) is 3.49. The standard InChI is InChI=1S/C16H23N3/c1-4-5-6-10-14-15(16(17)19(3)18-14)13-9-7-8-12(2)11-13/h7-9,11H,4-6,10,17H2,1-3H3. The highest BCUT2D eigenvalue weighted by Crippen LogP contribution is 2.30. The molecule has 0 saturated carbocycles. The number of anilines is 1. The Morgan fingerprint density at radius 2 is 2.05 bits per heavy atom. The van der Waals surface area contributed by atoms with Crippen LogP contribution >= 0.6 is 0 Å². The van der Waals surface area contributed by atoms with Crippen molar-refractivity contribution >= 4 is 5.82 Å². The lowest BCUT2D eigenvalue weighted by molar-refractivity contribution is 0.685. The van der Waals surface area contributed by atoms with E-state index < -0.39 is 0 Å². The third kappa shape index (κ3) is 2.98. The van der Waals surface area contributed by atoms with Crippen LogP contribution in [0.15, 0.2) is 24.3 Å². The molecular formula is C16H23N3. The monoisotopic (exact) mass is 257 g/mol. The van der Waals surface area contributed by atoms with Crippen LogP contribution in [0.3, 0.4) is 0 Å². The van der Waals surface area contributed by atoms with Gasteiger partial charge in [0, 0.05) is 12.6 Å². The molecule has 2 N–H and O–H groups in total. The maximum Gasteiger partial charge on any atom is 0.129 e. The van der Waals surface area contributed by atoms with Crippen LogP contribution < -0.4 is 5.73 Å². The van der Waals surface area contributed by atoms with Gasteiger partial charge in [-0.1, -0.05) is 49.6 Å². The van der Waals surface area contributed by atoms with E-state index in [0.29, 0.717) is 0 Å². The van der Waals surface area contributed by atoms with Gasteiger partial charge in [0.15, 0.2) is 0 Å². The molecular weight excluding hydrogens is 234 g/mol. The molecule has 0 unspecified atom stereocenters. The molecule has 19 heavy (non-hydrogen) atoms.